The Morgan fingerprint density at radius 2 is 2.00 bits per heavy atom. The first kappa shape index (κ1) is 9.91. The highest BCUT2D eigenvalue weighted by atomic mass is 79.9. The van der Waals surface area contributed by atoms with E-state index < -0.39 is 4.45 Å². The standard InChI is InChI=1S/C6H12BrNO2/c1-6(7,8(2)3)5(9)10-4/h1-4H3. The van der Waals surface area contributed by atoms with Crippen LogP contribution >= 0.6 is 15.9 Å². The molecule has 0 amide bonds. The molecule has 0 aromatic rings. The Kier molecular flexibility index (Phi) is 3.31. The van der Waals surface area contributed by atoms with E-state index >= 15 is 0 Å². The Morgan fingerprint density at radius 3 is 2.10 bits per heavy atom. The first-order valence-corrected chi connectivity index (χ1v) is 3.67. The van der Waals surface area contributed by atoms with Gasteiger partial charge in [-0.05, 0) is 21.0 Å². The predicted molar refractivity (Wildman–Crippen MR) is 43.0 cm³/mol. The van der Waals surface area contributed by atoms with Gasteiger partial charge in [-0.25, -0.2) is 4.79 Å². The summed E-state index contributed by atoms with van der Waals surface area (Å²) in [6.45, 7) is 1.73. The van der Waals surface area contributed by atoms with E-state index in [-0.39, 0.29) is 5.97 Å². The van der Waals surface area contributed by atoms with Gasteiger partial charge in [-0.3, -0.25) is 4.90 Å². The molecule has 0 heterocycles. The van der Waals surface area contributed by atoms with E-state index in [9.17, 15) is 4.79 Å². The monoisotopic (exact) mass is 209 g/mol. The normalized spacial score (nSPS) is 16.6. The highest BCUT2D eigenvalue weighted by Crippen LogP contribution is 2.20. The Hall–Kier alpha value is -0.0900. The minimum atomic E-state index is -0.707. The number of methoxy groups -OCH3 is 1. The molecule has 0 radical (unpaired) electrons. The van der Waals surface area contributed by atoms with E-state index in [1.807, 2.05) is 0 Å². The van der Waals surface area contributed by atoms with Crippen molar-refractivity contribution in [3.8, 4) is 0 Å². The molecule has 0 N–H and O–H groups in total. The lowest BCUT2D eigenvalue weighted by atomic mass is 10.3. The van der Waals surface area contributed by atoms with Crippen LogP contribution in [0.1, 0.15) is 6.92 Å². The molecule has 0 aromatic carbocycles. The van der Waals surface area contributed by atoms with Gasteiger partial charge in [0.1, 0.15) is 0 Å². The molecule has 0 bridgehead atoms. The number of likely N-dealkylation sites (N-methyl/N-ethyl adjacent to an activating group) is 1. The van der Waals surface area contributed by atoms with Crippen LogP contribution in [0.5, 0.6) is 0 Å². The number of rotatable bonds is 2. The maximum Gasteiger partial charge on any atom is 0.337 e. The molecule has 0 saturated heterocycles. The summed E-state index contributed by atoms with van der Waals surface area (Å²) >= 11 is 3.22. The first-order valence-electron chi connectivity index (χ1n) is 2.87. The van der Waals surface area contributed by atoms with Gasteiger partial charge in [0.2, 0.25) is 0 Å². The van der Waals surface area contributed by atoms with Gasteiger partial charge in [0.15, 0.2) is 4.45 Å². The molecule has 60 valence electrons. The van der Waals surface area contributed by atoms with Gasteiger partial charge in [0, 0.05) is 0 Å². The number of carbonyl (C=O) groups is 1. The summed E-state index contributed by atoms with van der Waals surface area (Å²) in [7, 11) is 4.96. The highest BCUT2D eigenvalue weighted by Gasteiger charge is 2.33. The molecule has 0 aliphatic rings. The summed E-state index contributed by atoms with van der Waals surface area (Å²) in [4.78, 5) is 12.7. The number of hydrogen-bond donors (Lipinski definition) is 0. The largest absolute Gasteiger partial charge is 0.467 e. The second kappa shape index (κ2) is 3.34. The van der Waals surface area contributed by atoms with Gasteiger partial charge in [0.05, 0.1) is 7.11 Å². The fourth-order valence-corrected chi connectivity index (χ4v) is 0.531. The van der Waals surface area contributed by atoms with Gasteiger partial charge in [0.25, 0.3) is 0 Å². The molecular weight excluding hydrogens is 198 g/mol. The quantitative estimate of drug-likeness (QED) is 0.384. The van der Waals surface area contributed by atoms with Gasteiger partial charge in [-0.15, -0.1) is 0 Å². The van der Waals surface area contributed by atoms with Crippen molar-refractivity contribution >= 4 is 21.9 Å². The van der Waals surface area contributed by atoms with Crippen molar-refractivity contribution in [1.82, 2.24) is 4.90 Å². The second-order valence-electron chi connectivity index (χ2n) is 2.34. The molecule has 1 atom stereocenters. The molecule has 0 aliphatic carbocycles. The van der Waals surface area contributed by atoms with E-state index in [1.54, 1.807) is 25.9 Å². The number of hydrogen-bond acceptors (Lipinski definition) is 3. The van der Waals surface area contributed by atoms with Crippen molar-refractivity contribution in [1.29, 1.82) is 0 Å². The molecule has 0 fully saturated rings. The zero-order chi connectivity index (χ0) is 8.36. The number of carbonyl (C=O) groups excluding carboxylic acids is 1. The minimum absolute atomic E-state index is 0.294. The number of esters is 1. The number of alkyl halides is 1. The third-order valence-corrected chi connectivity index (χ3v) is 2.43. The predicted octanol–water partition coefficient (Wildman–Crippen LogP) is 0.832. The number of nitrogens with zero attached hydrogens (tertiary/aromatic N) is 1. The van der Waals surface area contributed by atoms with E-state index in [0.29, 0.717) is 0 Å². The number of halogens is 1. The van der Waals surface area contributed by atoms with Crippen LogP contribution < -0.4 is 0 Å². The summed E-state index contributed by atoms with van der Waals surface area (Å²) in [5, 5.41) is 0. The van der Waals surface area contributed by atoms with E-state index in [2.05, 4.69) is 20.7 Å². The van der Waals surface area contributed by atoms with Crippen LogP contribution in [0.15, 0.2) is 0 Å². The lowest BCUT2D eigenvalue weighted by molar-refractivity contribution is -0.146. The van der Waals surface area contributed by atoms with Crippen LogP contribution in [0.25, 0.3) is 0 Å². The van der Waals surface area contributed by atoms with Crippen molar-refractivity contribution in [3.05, 3.63) is 0 Å². The molecule has 0 rings (SSSR count). The van der Waals surface area contributed by atoms with Gasteiger partial charge < -0.3 is 4.74 Å². The van der Waals surface area contributed by atoms with Crippen LogP contribution in [-0.2, 0) is 9.53 Å². The van der Waals surface area contributed by atoms with Gasteiger partial charge in [-0.1, -0.05) is 15.9 Å². The third-order valence-electron chi connectivity index (χ3n) is 1.40. The Balaban J connectivity index is 4.24. The summed E-state index contributed by atoms with van der Waals surface area (Å²) in [5.74, 6) is -0.294. The van der Waals surface area contributed by atoms with Gasteiger partial charge in [-0.2, -0.15) is 0 Å². The van der Waals surface area contributed by atoms with Gasteiger partial charge >= 0.3 is 5.97 Å². The van der Waals surface area contributed by atoms with Crippen LogP contribution in [0.4, 0.5) is 0 Å². The van der Waals surface area contributed by atoms with Crippen molar-refractivity contribution in [2.75, 3.05) is 21.2 Å². The smallest absolute Gasteiger partial charge is 0.337 e. The van der Waals surface area contributed by atoms with Crippen molar-refractivity contribution < 1.29 is 9.53 Å². The van der Waals surface area contributed by atoms with E-state index in [0.717, 1.165) is 0 Å². The Bertz CT molecular complexity index is 134. The maximum atomic E-state index is 11.0. The Morgan fingerprint density at radius 1 is 1.60 bits per heavy atom. The molecule has 3 nitrogen and oxygen atoms in total. The van der Waals surface area contributed by atoms with Crippen molar-refractivity contribution in [3.63, 3.8) is 0 Å². The molecule has 0 aliphatic heterocycles. The SMILES string of the molecule is COC(=O)C(C)(Br)N(C)C. The lowest BCUT2D eigenvalue weighted by Crippen LogP contribution is -2.43. The average Bonchev–Trinajstić information content (AvgIpc) is 1.86. The average molecular weight is 210 g/mol. The Labute approximate surface area is 69.5 Å². The summed E-state index contributed by atoms with van der Waals surface area (Å²) in [5.41, 5.74) is 0. The van der Waals surface area contributed by atoms with Crippen LogP contribution in [0.2, 0.25) is 0 Å². The summed E-state index contributed by atoms with van der Waals surface area (Å²) in [6, 6.07) is 0. The maximum absolute atomic E-state index is 11.0. The molecule has 0 spiro atoms. The second-order valence-corrected chi connectivity index (χ2v) is 3.88. The first-order chi connectivity index (χ1) is 4.42. The van der Waals surface area contributed by atoms with Crippen LogP contribution in [0.3, 0.4) is 0 Å². The molecule has 0 aromatic heterocycles. The van der Waals surface area contributed by atoms with E-state index in [1.165, 1.54) is 7.11 Å². The van der Waals surface area contributed by atoms with Crippen molar-refractivity contribution in [2.45, 2.75) is 11.4 Å². The highest BCUT2D eigenvalue weighted by molar-refractivity contribution is 9.10. The molecule has 4 heteroatoms. The van der Waals surface area contributed by atoms with E-state index in [4.69, 9.17) is 0 Å². The zero-order valence-electron chi connectivity index (χ0n) is 6.64. The summed E-state index contributed by atoms with van der Waals surface area (Å²) in [6.07, 6.45) is 0. The zero-order valence-corrected chi connectivity index (χ0v) is 8.23. The summed E-state index contributed by atoms with van der Waals surface area (Å²) < 4.78 is 3.84. The fraction of sp³-hybridized carbons (Fsp3) is 0.833. The van der Waals surface area contributed by atoms with Crippen LogP contribution in [-0.4, -0.2) is 36.5 Å². The third kappa shape index (κ3) is 1.95. The fourth-order valence-electron chi connectivity index (χ4n) is 0.369. The molecular formula is C6H12BrNO2. The number of ether oxygens (including phenoxy) is 1. The molecule has 1 unspecified atom stereocenters. The minimum Gasteiger partial charge on any atom is -0.467 e. The lowest BCUT2D eigenvalue weighted by Gasteiger charge is -2.26. The molecule has 10 heavy (non-hydrogen) atoms. The van der Waals surface area contributed by atoms with Crippen molar-refractivity contribution in [2.24, 2.45) is 0 Å². The molecule has 0 saturated carbocycles. The topological polar surface area (TPSA) is 29.5 Å². The van der Waals surface area contributed by atoms with Crippen LogP contribution in [0, 0.1) is 0 Å².